The fourth-order valence-electron chi connectivity index (χ4n) is 1.78. The fraction of sp³-hybridized carbons (Fsp3) is 0.286. The minimum Gasteiger partial charge on any atom is -0.478 e. The van der Waals surface area contributed by atoms with Gasteiger partial charge < -0.3 is 14.8 Å². The summed E-state index contributed by atoms with van der Waals surface area (Å²) < 4.78 is 5.26. The van der Waals surface area contributed by atoms with Crippen molar-refractivity contribution < 1.29 is 14.3 Å². The van der Waals surface area contributed by atoms with Crippen molar-refractivity contribution in [3.8, 4) is 0 Å². The second-order valence-corrected chi connectivity index (χ2v) is 4.40. The Bertz CT molecular complexity index is 537. The summed E-state index contributed by atoms with van der Waals surface area (Å²) in [7, 11) is 0. The second-order valence-electron chi connectivity index (χ2n) is 4.40. The lowest BCUT2D eigenvalue weighted by Gasteiger charge is -2.13. The molecular formula is C14H16N2O3. The van der Waals surface area contributed by atoms with Gasteiger partial charge in [-0.1, -0.05) is 0 Å². The fourth-order valence-corrected chi connectivity index (χ4v) is 1.78. The quantitative estimate of drug-likeness (QED) is 0.835. The minimum atomic E-state index is -0.950. The summed E-state index contributed by atoms with van der Waals surface area (Å²) in [4.78, 5) is 15.0. The van der Waals surface area contributed by atoms with Crippen LogP contribution in [0.25, 0.3) is 0 Å². The average molecular weight is 260 g/mol. The van der Waals surface area contributed by atoms with Crippen molar-refractivity contribution in [1.82, 2.24) is 4.98 Å². The number of carboxylic acid groups (broad SMARTS) is 1. The van der Waals surface area contributed by atoms with Crippen LogP contribution in [0, 0.1) is 0 Å². The van der Waals surface area contributed by atoms with Gasteiger partial charge in [0, 0.05) is 18.7 Å². The van der Waals surface area contributed by atoms with Crippen LogP contribution in [-0.4, -0.2) is 22.1 Å². The van der Waals surface area contributed by atoms with Crippen LogP contribution in [0.1, 0.15) is 29.5 Å². The van der Waals surface area contributed by atoms with Crippen LogP contribution in [-0.2, 0) is 6.42 Å². The summed E-state index contributed by atoms with van der Waals surface area (Å²) in [5.74, 6) is 0.571. The molecule has 0 aromatic carbocycles. The molecule has 0 saturated heterocycles. The standard InChI is InChI=1S/C14H16N2O3/c1-10(4-5-12-3-2-8-19-12)16-13-9-11(14(17)18)6-7-15-13/h2-3,6-10H,4-5H2,1H3,(H,15,16)(H,17,18). The first-order valence-corrected chi connectivity index (χ1v) is 6.13. The van der Waals surface area contributed by atoms with Crippen LogP contribution in [0.5, 0.6) is 0 Å². The number of carbonyl (C=O) groups is 1. The van der Waals surface area contributed by atoms with Gasteiger partial charge in [-0.15, -0.1) is 0 Å². The smallest absolute Gasteiger partial charge is 0.335 e. The van der Waals surface area contributed by atoms with Gasteiger partial charge in [-0.3, -0.25) is 0 Å². The van der Waals surface area contributed by atoms with Crippen molar-refractivity contribution >= 4 is 11.8 Å². The molecule has 1 atom stereocenters. The summed E-state index contributed by atoms with van der Waals surface area (Å²) >= 11 is 0. The Hall–Kier alpha value is -2.30. The largest absolute Gasteiger partial charge is 0.478 e. The van der Waals surface area contributed by atoms with E-state index in [9.17, 15) is 4.79 Å². The molecule has 0 fully saturated rings. The van der Waals surface area contributed by atoms with E-state index < -0.39 is 5.97 Å². The van der Waals surface area contributed by atoms with Crippen LogP contribution >= 0.6 is 0 Å². The van der Waals surface area contributed by atoms with Gasteiger partial charge in [-0.2, -0.15) is 0 Å². The maximum atomic E-state index is 10.9. The molecule has 0 spiro atoms. The molecule has 5 heteroatoms. The molecule has 0 aliphatic rings. The number of aryl methyl sites for hydroxylation is 1. The number of pyridine rings is 1. The van der Waals surface area contributed by atoms with E-state index in [2.05, 4.69) is 10.3 Å². The predicted molar refractivity (Wildman–Crippen MR) is 71.3 cm³/mol. The lowest BCUT2D eigenvalue weighted by molar-refractivity contribution is 0.0697. The molecule has 2 heterocycles. The highest BCUT2D eigenvalue weighted by Gasteiger charge is 2.07. The van der Waals surface area contributed by atoms with Crippen molar-refractivity contribution in [2.75, 3.05) is 5.32 Å². The van der Waals surface area contributed by atoms with Gasteiger partial charge >= 0.3 is 5.97 Å². The molecule has 2 rings (SSSR count). The Morgan fingerprint density at radius 2 is 2.37 bits per heavy atom. The Labute approximate surface area is 111 Å². The molecule has 0 saturated carbocycles. The van der Waals surface area contributed by atoms with E-state index in [1.54, 1.807) is 6.26 Å². The normalized spacial score (nSPS) is 12.1. The summed E-state index contributed by atoms with van der Waals surface area (Å²) in [5.41, 5.74) is 0.232. The van der Waals surface area contributed by atoms with Crippen LogP contribution in [0.4, 0.5) is 5.82 Å². The summed E-state index contributed by atoms with van der Waals surface area (Å²) in [5, 5.41) is 12.1. The highest BCUT2D eigenvalue weighted by atomic mass is 16.4. The van der Waals surface area contributed by atoms with Crippen LogP contribution < -0.4 is 5.32 Å². The van der Waals surface area contributed by atoms with Crippen LogP contribution in [0.3, 0.4) is 0 Å². The third-order valence-electron chi connectivity index (χ3n) is 2.81. The van der Waals surface area contributed by atoms with Crippen molar-refractivity contribution in [2.45, 2.75) is 25.8 Å². The van der Waals surface area contributed by atoms with E-state index in [-0.39, 0.29) is 11.6 Å². The zero-order valence-electron chi connectivity index (χ0n) is 10.7. The van der Waals surface area contributed by atoms with Crippen LogP contribution in [0.2, 0.25) is 0 Å². The Balaban J connectivity index is 1.89. The maximum Gasteiger partial charge on any atom is 0.335 e. The number of anilines is 1. The number of nitrogens with one attached hydrogen (secondary N) is 1. The van der Waals surface area contributed by atoms with E-state index in [1.807, 2.05) is 19.1 Å². The topological polar surface area (TPSA) is 75.4 Å². The Morgan fingerprint density at radius 1 is 1.53 bits per heavy atom. The Morgan fingerprint density at radius 3 is 3.05 bits per heavy atom. The van der Waals surface area contributed by atoms with Crippen molar-refractivity contribution in [1.29, 1.82) is 0 Å². The first kappa shape index (κ1) is 13.1. The molecule has 19 heavy (non-hydrogen) atoms. The second kappa shape index (κ2) is 6.04. The van der Waals surface area contributed by atoms with Crippen molar-refractivity contribution in [3.05, 3.63) is 48.0 Å². The van der Waals surface area contributed by atoms with Gasteiger partial charge in [0.1, 0.15) is 11.6 Å². The molecule has 0 aliphatic carbocycles. The van der Waals surface area contributed by atoms with Gasteiger partial charge in [0.15, 0.2) is 0 Å². The molecule has 0 aliphatic heterocycles. The lowest BCUT2D eigenvalue weighted by Crippen LogP contribution is -2.17. The van der Waals surface area contributed by atoms with Gasteiger partial charge in [0.25, 0.3) is 0 Å². The molecule has 0 amide bonds. The summed E-state index contributed by atoms with van der Waals surface area (Å²) in [6, 6.07) is 7.00. The summed E-state index contributed by atoms with van der Waals surface area (Å²) in [6.07, 6.45) is 4.86. The number of furan rings is 1. The molecule has 2 N–H and O–H groups in total. The van der Waals surface area contributed by atoms with Gasteiger partial charge in [-0.25, -0.2) is 9.78 Å². The Kier molecular flexibility index (Phi) is 4.18. The number of hydrogen-bond donors (Lipinski definition) is 2. The molecule has 100 valence electrons. The molecule has 1 unspecified atom stereocenters. The maximum absolute atomic E-state index is 10.9. The summed E-state index contributed by atoms with van der Waals surface area (Å²) in [6.45, 7) is 2.03. The number of carboxylic acids is 1. The first-order chi connectivity index (χ1) is 9.15. The number of aromatic nitrogens is 1. The van der Waals surface area contributed by atoms with E-state index >= 15 is 0 Å². The zero-order chi connectivity index (χ0) is 13.7. The molecule has 0 radical (unpaired) electrons. The number of rotatable bonds is 6. The van der Waals surface area contributed by atoms with Crippen molar-refractivity contribution in [3.63, 3.8) is 0 Å². The molecule has 0 bridgehead atoms. The van der Waals surface area contributed by atoms with Crippen molar-refractivity contribution in [2.24, 2.45) is 0 Å². The molecule has 2 aromatic rings. The number of aromatic carboxylic acids is 1. The van der Waals surface area contributed by atoms with E-state index in [4.69, 9.17) is 9.52 Å². The van der Waals surface area contributed by atoms with Crippen LogP contribution in [0.15, 0.2) is 41.1 Å². The molecule has 5 nitrogen and oxygen atoms in total. The molecular weight excluding hydrogens is 244 g/mol. The van der Waals surface area contributed by atoms with Gasteiger partial charge in [-0.05, 0) is 37.6 Å². The lowest BCUT2D eigenvalue weighted by atomic mass is 10.1. The highest BCUT2D eigenvalue weighted by Crippen LogP contribution is 2.11. The zero-order valence-corrected chi connectivity index (χ0v) is 10.7. The van der Waals surface area contributed by atoms with E-state index in [0.29, 0.717) is 5.82 Å². The first-order valence-electron chi connectivity index (χ1n) is 6.13. The van der Waals surface area contributed by atoms with Gasteiger partial charge in [0.2, 0.25) is 0 Å². The van der Waals surface area contributed by atoms with Gasteiger partial charge in [0.05, 0.1) is 11.8 Å². The van der Waals surface area contributed by atoms with E-state index in [1.165, 1.54) is 18.3 Å². The predicted octanol–water partition coefficient (Wildman–Crippen LogP) is 2.81. The number of hydrogen-bond acceptors (Lipinski definition) is 4. The SMILES string of the molecule is CC(CCc1ccco1)Nc1cc(C(=O)O)ccn1. The monoisotopic (exact) mass is 260 g/mol. The highest BCUT2D eigenvalue weighted by molar-refractivity contribution is 5.88. The van der Waals surface area contributed by atoms with E-state index in [0.717, 1.165) is 18.6 Å². The average Bonchev–Trinajstić information content (AvgIpc) is 2.90. The third-order valence-corrected chi connectivity index (χ3v) is 2.81. The number of nitrogens with zero attached hydrogens (tertiary/aromatic N) is 1. The minimum absolute atomic E-state index is 0.182. The third kappa shape index (κ3) is 3.84. The molecule has 2 aromatic heterocycles.